The average Bonchev–Trinajstić information content (AvgIpc) is 2.12. The summed E-state index contributed by atoms with van der Waals surface area (Å²) in [6.45, 7) is 6.48. The number of carbonyl (C=O) groups is 1. The van der Waals surface area contributed by atoms with E-state index in [4.69, 9.17) is 4.74 Å². The molecule has 3 heteroatoms. The van der Waals surface area contributed by atoms with Crippen molar-refractivity contribution < 1.29 is 9.53 Å². The van der Waals surface area contributed by atoms with Gasteiger partial charge in [0.25, 0.3) is 0 Å². The molecular weight excluding hydrogens is 200 g/mol. The van der Waals surface area contributed by atoms with Gasteiger partial charge in [-0.15, -0.1) is 12.4 Å². The molecule has 86 valence electrons. The zero-order chi connectivity index (χ0) is 10.1. The fourth-order valence-electron chi connectivity index (χ4n) is 1.28. The summed E-state index contributed by atoms with van der Waals surface area (Å²) in [6.07, 6.45) is 5.87. The Balaban J connectivity index is 0. The molecule has 0 amide bonds. The molecule has 14 heavy (non-hydrogen) atoms. The number of ether oxygens (including phenoxy) is 1. The van der Waals surface area contributed by atoms with Crippen LogP contribution in [0, 0.1) is 5.92 Å². The van der Waals surface area contributed by atoms with Crippen molar-refractivity contribution in [3.63, 3.8) is 0 Å². The van der Waals surface area contributed by atoms with Gasteiger partial charge in [-0.05, 0) is 13.3 Å². The van der Waals surface area contributed by atoms with Crippen molar-refractivity contribution in [3.05, 3.63) is 0 Å². The lowest BCUT2D eigenvalue weighted by Crippen LogP contribution is -2.14. The number of hydrogen-bond donors (Lipinski definition) is 0. The molecule has 0 rings (SSSR count). The summed E-state index contributed by atoms with van der Waals surface area (Å²) < 4.78 is 4.92. The molecule has 0 aromatic carbocycles. The minimum atomic E-state index is -0.0426. The summed E-state index contributed by atoms with van der Waals surface area (Å²) in [5.74, 6) is 0.0378. The predicted molar refractivity (Wildman–Crippen MR) is 61.8 cm³/mol. The van der Waals surface area contributed by atoms with Gasteiger partial charge in [0, 0.05) is 0 Å². The first-order valence-corrected chi connectivity index (χ1v) is 5.39. The molecule has 0 fully saturated rings. The molecule has 0 aromatic heterocycles. The van der Waals surface area contributed by atoms with Crippen LogP contribution in [0.15, 0.2) is 0 Å². The maximum absolute atomic E-state index is 11.2. The highest BCUT2D eigenvalue weighted by Crippen LogP contribution is 2.11. The Morgan fingerprint density at radius 2 is 1.86 bits per heavy atom. The van der Waals surface area contributed by atoms with E-state index in [1.807, 2.05) is 13.8 Å². The van der Waals surface area contributed by atoms with Crippen LogP contribution in [-0.2, 0) is 9.53 Å². The Bertz CT molecular complexity index is 137. The molecule has 1 unspecified atom stereocenters. The highest BCUT2D eigenvalue weighted by molar-refractivity contribution is 5.85. The molecule has 0 bridgehead atoms. The topological polar surface area (TPSA) is 26.3 Å². The summed E-state index contributed by atoms with van der Waals surface area (Å²) >= 11 is 0. The van der Waals surface area contributed by atoms with E-state index in [9.17, 15) is 4.79 Å². The molecule has 0 aliphatic rings. The van der Waals surface area contributed by atoms with Crippen LogP contribution in [0.2, 0.25) is 0 Å². The van der Waals surface area contributed by atoms with Crippen molar-refractivity contribution in [1.82, 2.24) is 0 Å². The second-order valence-electron chi connectivity index (χ2n) is 3.50. The van der Waals surface area contributed by atoms with Gasteiger partial charge in [0.05, 0.1) is 12.5 Å². The second kappa shape index (κ2) is 10.8. The highest BCUT2D eigenvalue weighted by atomic mass is 35.5. The Hall–Kier alpha value is -0.240. The lowest BCUT2D eigenvalue weighted by molar-refractivity contribution is -0.147. The molecule has 0 heterocycles. The third-order valence-electron chi connectivity index (χ3n) is 2.18. The summed E-state index contributed by atoms with van der Waals surface area (Å²) in [5, 5.41) is 0. The van der Waals surface area contributed by atoms with Gasteiger partial charge in [-0.3, -0.25) is 4.79 Å². The highest BCUT2D eigenvalue weighted by Gasteiger charge is 2.12. The largest absolute Gasteiger partial charge is 0.466 e. The van der Waals surface area contributed by atoms with Crippen molar-refractivity contribution >= 4 is 18.4 Å². The van der Waals surface area contributed by atoms with Gasteiger partial charge in [-0.25, -0.2) is 0 Å². The molecular formula is C11H23ClO2. The Morgan fingerprint density at radius 3 is 2.36 bits per heavy atom. The minimum Gasteiger partial charge on any atom is -0.466 e. The maximum Gasteiger partial charge on any atom is 0.308 e. The number of unbranched alkanes of at least 4 members (excludes halogenated alkanes) is 3. The minimum absolute atomic E-state index is 0. The van der Waals surface area contributed by atoms with Gasteiger partial charge in [-0.1, -0.05) is 39.5 Å². The number of halogens is 1. The van der Waals surface area contributed by atoms with Gasteiger partial charge in [-0.2, -0.15) is 0 Å². The normalized spacial score (nSPS) is 11.6. The lowest BCUT2D eigenvalue weighted by atomic mass is 10.0. The van der Waals surface area contributed by atoms with E-state index < -0.39 is 0 Å². The van der Waals surface area contributed by atoms with Crippen LogP contribution < -0.4 is 0 Å². The van der Waals surface area contributed by atoms with Crippen LogP contribution in [0.3, 0.4) is 0 Å². The first-order valence-electron chi connectivity index (χ1n) is 5.39. The molecule has 0 spiro atoms. The summed E-state index contributed by atoms with van der Waals surface area (Å²) in [6, 6.07) is 0. The zero-order valence-corrected chi connectivity index (χ0v) is 10.4. The van der Waals surface area contributed by atoms with Crippen LogP contribution in [0.1, 0.15) is 52.9 Å². The van der Waals surface area contributed by atoms with E-state index in [0.717, 1.165) is 12.8 Å². The predicted octanol–water partition coefficient (Wildman–Crippen LogP) is 3.58. The van der Waals surface area contributed by atoms with Crippen molar-refractivity contribution in [2.75, 3.05) is 6.61 Å². The van der Waals surface area contributed by atoms with Crippen LogP contribution in [0.25, 0.3) is 0 Å². The second-order valence-corrected chi connectivity index (χ2v) is 3.50. The smallest absolute Gasteiger partial charge is 0.308 e. The molecule has 0 aliphatic heterocycles. The molecule has 0 N–H and O–H groups in total. The molecule has 0 aromatic rings. The number of carbonyl (C=O) groups excluding carboxylic acids is 1. The quantitative estimate of drug-likeness (QED) is 0.486. The Labute approximate surface area is 93.8 Å². The average molecular weight is 223 g/mol. The van der Waals surface area contributed by atoms with Gasteiger partial charge < -0.3 is 4.74 Å². The summed E-state index contributed by atoms with van der Waals surface area (Å²) in [4.78, 5) is 11.2. The van der Waals surface area contributed by atoms with Gasteiger partial charge >= 0.3 is 5.97 Å². The number of esters is 1. The zero-order valence-electron chi connectivity index (χ0n) is 9.54. The van der Waals surface area contributed by atoms with Crippen LogP contribution in [0.4, 0.5) is 0 Å². The molecule has 2 nitrogen and oxygen atoms in total. The van der Waals surface area contributed by atoms with E-state index in [1.54, 1.807) is 0 Å². The van der Waals surface area contributed by atoms with E-state index in [1.165, 1.54) is 19.3 Å². The van der Waals surface area contributed by atoms with Gasteiger partial charge in [0.1, 0.15) is 0 Å². The molecule has 0 saturated heterocycles. The monoisotopic (exact) mass is 222 g/mol. The van der Waals surface area contributed by atoms with Crippen LogP contribution >= 0.6 is 12.4 Å². The molecule has 1 atom stereocenters. The number of rotatable bonds is 7. The maximum atomic E-state index is 11.2. The lowest BCUT2D eigenvalue weighted by Gasteiger charge is -2.09. The van der Waals surface area contributed by atoms with E-state index in [-0.39, 0.29) is 24.3 Å². The van der Waals surface area contributed by atoms with Crippen molar-refractivity contribution in [1.29, 1.82) is 0 Å². The third kappa shape index (κ3) is 8.36. The molecule has 0 radical (unpaired) electrons. The SMILES string of the molecule is CCCCCCC(C)C(=O)OCC.Cl. The fourth-order valence-corrected chi connectivity index (χ4v) is 1.28. The van der Waals surface area contributed by atoms with Crippen molar-refractivity contribution in [2.45, 2.75) is 52.9 Å². The summed E-state index contributed by atoms with van der Waals surface area (Å²) in [7, 11) is 0. The third-order valence-corrected chi connectivity index (χ3v) is 2.18. The fraction of sp³-hybridized carbons (Fsp3) is 0.909. The number of hydrogen-bond acceptors (Lipinski definition) is 2. The van der Waals surface area contributed by atoms with Crippen molar-refractivity contribution in [2.24, 2.45) is 5.92 Å². The van der Waals surface area contributed by atoms with Gasteiger partial charge in [0.15, 0.2) is 0 Å². The van der Waals surface area contributed by atoms with Gasteiger partial charge in [0.2, 0.25) is 0 Å². The Morgan fingerprint density at radius 1 is 1.21 bits per heavy atom. The van der Waals surface area contributed by atoms with Crippen molar-refractivity contribution in [3.8, 4) is 0 Å². The van der Waals surface area contributed by atoms with Crippen LogP contribution in [-0.4, -0.2) is 12.6 Å². The van der Waals surface area contributed by atoms with Crippen LogP contribution in [0.5, 0.6) is 0 Å². The molecule has 0 aliphatic carbocycles. The van der Waals surface area contributed by atoms with E-state index in [2.05, 4.69) is 6.92 Å². The molecule has 0 saturated carbocycles. The van der Waals surface area contributed by atoms with E-state index >= 15 is 0 Å². The standard InChI is InChI=1S/C11H22O2.ClH/c1-4-6-7-8-9-10(3)11(12)13-5-2;/h10H,4-9H2,1-3H3;1H. The first-order chi connectivity index (χ1) is 6.22. The first kappa shape index (κ1) is 16.2. The summed E-state index contributed by atoms with van der Waals surface area (Å²) in [5.41, 5.74) is 0. The van der Waals surface area contributed by atoms with E-state index in [0.29, 0.717) is 6.61 Å². The Kier molecular flexibility index (Phi) is 12.5.